The lowest BCUT2D eigenvalue weighted by Gasteiger charge is -2.44. The zero-order valence-corrected chi connectivity index (χ0v) is 26.3. The van der Waals surface area contributed by atoms with Crippen LogP contribution in [0.4, 0.5) is 11.4 Å². The standard InChI is InChI=1S/C33H25BrCl2N2O6/c1-44-25-13-15(34)12-23(29(25)39)26-20-10-11-21-27(32(42)37(30(21)40)18-6-2-16(35)3-7-18)22(20)14-24-28(26)33(43)38(31(24)41)19-8-4-17(36)5-9-19/h2-10,12-13,21-22,24,26-28,39H,11,14H2,1H3. The van der Waals surface area contributed by atoms with E-state index in [4.69, 9.17) is 27.9 Å². The number of hydrogen-bond acceptors (Lipinski definition) is 6. The van der Waals surface area contributed by atoms with Gasteiger partial charge < -0.3 is 9.84 Å². The molecule has 11 heteroatoms. The van der Waals surface area contributed by atoms with Gasteiger partial charge >= 0.3 is 0 Å². The second kappa shape index (κ2) is 10.8. The van der Waals surface area contributed by atoms with Crippen molar-refractivity contribution in [1.82, 2.24) is 0 Å². The molecule has 224 valence electrons. The molecule has 2 saturated heterocycles. The summed E-state index contributed by atoms with van der Waals surface area (Å²) in [7, 11) is 1.43. The summed E-state index contributed by atoms with van der Waals surface area (Å²) in [6.07, 6.45) is 2.43. The van der Waals surface area contributed by atoms with Gasteiger partial charge in [-0.05, 0) is 79.4 Å². The Balaban J connectivity index is 1.37. The van der Waals surface area contributed by atoms with Crippen molar-refractivity contribution < 1.29 is 29.0 Å². The van der Waals surface area contributed by atoms with Crippen LogP contribution < -0.4 is 14.5 Å². The molecule has 7 rings (SSSR count). The average Bonchev–Trinajstić information content (AvgIpc) is 3.42. The Bertz CT molecular complexity index is 1780. The van der Waals surface area contributed by atoms with Crippen LogP contribution in [0.1, 0.15) is 24.3 Å². The highest BCUT2D eigenvalue weighted by molar-refractivity contribution is 9.10. The van der Waals surface area contributed by atoms with Crippen molar-refractivity contribution >= 4 is 74.1 Å². The Labute approximate surface area is 271 Å². The van der Waals surface area contributed by atoms with Crippen molar-refractivity contribution in [2.24, 2.45) is 29.6 Å². The number of allylic oxidation sites excluding steroid dienone is 2. The zero-order valence-electron chi connectivity index (χ0n) is 23.2. The third kappa shape index (κ3) is 4.31. The molecule has 6 atom stereocenters. The van der Waals surface area contributed by atoms with Gasteiger partial charge in [-0.3, -0.25) is 29.0 Å². The van der Waals surface area contributed by atoms with E-state index in [1.807, 2.05) is 6.08 Å². The molecule has 4 aliphatic rings. The molecule has 3 fully saturated rings. The van der Waals surface area contributed by atoms with E-state index >= 15 is 0 Å². The summed E-state index contributed by atoms with van der Waals surface area (Å²) in [5.74, 6) is -5.63. The van der Waals surface area contributed by atoms with E-state index < -0.39 is 41.4 Å². The summed E-state index contributed by atoms with van der Waals surface area (Å²) in [4.78, 5) is 58.5. The lowest BCUT2D eigenvalue weighted by atomic mass is 9.57. The molecule has 44 heavy (non-hydrogen) atoms. The second-order valence-corrected chi connectivity index (χ2v) is 13.3. The number of methoxy groups -OCH3 is 1. The number of imide groups is 2. The third-order valence-corrected chi connectivity index (χ3v) is 10.4. The number of ether oxygens (including phenoxy) is 1. The number of carbonyl (C=O) groups excluding carboxylic acids is 4. The molecule has 6 unspecified atom stereocenters. The van der Waals surface area contributed by atoms with Crippen molar-refractivity contribution in [2.75, 3.05) is 16.9 Å². The summed E-state index contributed by atoms with van der Waals surface area (Å²) >= 11 is 15.7. The number of hydrogen-bond donors (Lipinski definition) is 1. The van der Waals surface area contributed by atoms with Crippen LogP contribution >= 0.6 is 39.1 Å². The van der Waals surface area contributed by atoms with Crippen molar-refractivity contribution in [3.8, 4) is 11.5 Å². The highest BCUT2D eigenvalue weighted by Gasteiger charge is 2.62. The van der Waals surface area contributed by atoms with Gasteiger partial charge in [-0.1, -0.05) is 50.8 Å². The van der Waals surface area contributed by atoms with Crippen molar-refractivity contribution in [1.29, 1.82) is 0 Å². The van der Waals surface area contributed by atoms with Gasteiger partial charge in [-0.25, -0.2) is 0 Å². The first kappa shape index (κ1) is 29.1. The minimum Gasteiger partial charge on any atom is -0.504 e. The molecule has 8 nitrogen and oxygen atoms in total. The first-order valence-corrected chi connectivity index (χ1v) is 15.7. The van der Waals surface area contributed by atoms with Gasteiger partial charge in [-0.15, -0.1) is 0 Å². The summed E-state index contributed by atoms with van der Waals surface area (Å²) in [5, 5.41) is 12.3. The number of aromatic hydroxyl groups is 1. The van der Waals surface area contributed by atoms with E-state index in [0.717, 1.165) is 5.57 Å². The van der Waals surface area contributed by atoms with Crippen LogP contribution in [0.15, 0.2) is 76.8 Å². The highest BCUT2D eigenvalue weighted by atomic mass is 79.9. The SMILES string of the molecule is COc1cc(Br)cc(C2C3=CCC4C(=O)N(c5ccc(Cl)cc5)C(=O)C4C3CC3C(=O)N(c4ccc(Cl)cc4)C(=O)C32)c1O. The molecule has 2 heterocycles. The number of carbonyl (C=O) groups is 4. The molecule has 3 aromatic carbocycles. The Morgan fingerprint density at radius 3 is 1.89 bits per heavy atom. The topological polar surface area (TPSA) is 104 Å². The van der Waals surface area contributed by atoms with E-state index in [9.17, 15) is 24.3 Å². The Kier molecular flexibility index (Phi) is 7.10. The minimum atomic E-state index is -0.846. The number of halogens is 3. The molecular weight excluding hydrogens is 671 g/mol. The predicted octanol–water partition coefficient (Wildman–Crippen LogP) is 6.52. The van der Waals surface area contributed by atoms with Crippen LogP contribution in [0, 0.1) is 29.6 Å². The molecule has 0 radical (unpaired) electrons. The first-order chi connectivity index (χ1) is 21.1. The van der Waals surface area contributed by atoms with Gasteiger partial charge in [0.05, 0.1) is 42.2 Å². The fraction of sp³-hybridized carbons (Fsp3) is 0.273. The number of nitrogens with zero attached hydrogens (tertiary/aromatic N) is 2. The van der Waals surface area contributed by atoms with Crippen LogP contribution in [0.5, 0.6) is 11.5 Å². The van der Waals surface area contributed by atoms with E-state index in [1.165, 1.54) is 16.9 Å². The maximum Gasteiger partial charge on any atom is 0.238 e. The normalized spacial score (nSPS) is 27.7. The number of rotatable bonds is 4. The third-order valence-electron chi connectivity index (χ3n) is 9.44. The first-order valence-electron chi connectivity index (χ1n) is 14.1. The quantitative estimate of drug-likeness (QED) is 0.246. The molecule has 1 saturated carbocycles. The van der Waals surface area contributed by atoms with Crippen LogP contribution in [0.2, 0.25) is 10.0 Å². The molecule has 2 aliphatic carbocycles. The summed E-state index contributed by atoms with van der Waals surface area (Å²) in [5.41, 5.74) is 2.00. The lowest BCUT2D eigenvalue weighted by molar-refractivity contribution is -0.126. The number of phenols is 1. The Hall–Kier alpha value is -3.66. The number of benzene rings is 3. The molecular formula is C33H25BrCl2N2O6. The molecule has 0 bridgehead atoms. The maximum atomic E-state index is 14.2. The van der Waals surface area contributed by atoms with Crippen LogP contribution in [0.3, 0.4) is 0 Å². The summed E-state index contributed by atoms with van der Waals surface area (Å²) in [6.45, 7) is 0. The van der Waals surface area contributed by atoms with E-state index in [0.29, 0.717) is 31.5 Å². The van der Waals surface area contributed by atoms with Gasteiger partial charge in [0, 0.05) is 26.0 Å². The largest absolute Gasteiger partial charge is 0.504 e. The van der Waals surface area contributed by atoms with Crippen LogP contribution in [-0.2, 0) is 19.2 Å². The Morgan fingerprint density at radius 1 is 0.773 bits per heavy atom. The number of amides is 4. The maximum absolute atomic E-state index is 14.2. The zero-order chi connectivity index (χ0) is 31.0. The van der Waals surface area contributed by atoms with Gasteiger partial charge in [0.2, 0.25) is 23.6 Å². The monoisotopic (exact) mass is 694 g/mol. The molecule has 4 amide bonds. The molecule has 0 spiro atoms. The van der Waals surface area contributed by atoms with Crippen LogP contribution in [-0.4, -0.2) is 35.8 Å². The molecule has 0 aromatic heterocycles. The van der Waals surface area contributed by atoms with Crippen molar-refractivity contribution in [3.63, 3.8) is 0 Å². The van der Waals surface area contributed by atoms with Crippen molar-refractivity contribution in [2.45, 2.75) is 18.8 Å². The van der Waals surface area contributed by atoms with Gasteiger partial charge in [0.25, 0.3) is 0 Å². The average molecular weight is 696 g/mol. The predicted molar refractivity (Wildman–Crippen MR) is 168 cm³/mol. The second-order valence-electron chi connectivity index (χ2n) is 11.5. The fourth-order valence-corrected chi connectivity index (χ4v) is 8.32. The lowest BCUT2D eigenvalue weighted by Crippen LogP contribution is -2.43. The van der Waals surface area contributed by atoms with E-state index in [-0.39, 0.29) is 42.1 Å². The number of phenolic OH excluding ortho intramolecular Hbond substituents is 1. The minimum absolute atomic E-state index is 0.148. The van der Waals surface area contributed by atoms with Gasteiger partial charge in [0.15, 0.2) is 11.5 Å². The van der Waals surface area contributed by atoms with E-state index in [1.54, 1.807) is 60.7 Å². The van der Waals surface area contributed by atoms with E-state index in [2.05, 4.69) is 15.9 Å². The number of fused-ring (bicyclic) bond motifs is 4. The van der Waals surface area contributed by atoms with Gasteiger partial charge in [0.1, 0.15) is 0 Å². The van der Waals surface area contributed by atoms with Crippen molar-refractivity contribution in [3.05, 3.63) is 92.4 Å². The fourth-order valence-electron chi connectivity index (χ4n) is 7.61. The van der Waals surface area contributed by atoms with Gasteiger partial charge in [-0.2, -0.15) is 0 Å². The molecule has 3 aromatic rings. The smallest absolute Gasteiger partial charge is 0.238 e. The Morgan fingerprint density at radius 2 is 1.32 bits per heavy atom. The highest BCUT2D eigenvalue weighted by Crippen LogP contribution is 2.60. The molecule has 1 N–H and O–H groups in total. The summed E-state index contributed by atoms with van der Waals surface area (Å²) < 4.78 is 6.05. The molecule has 2 aliphatic heterocycles. The summed E-state index contributed by atoms with van der Waals surface area (Å²) in [6, 6.07) is 16.3. The number of anilines is 2. The van der Waals surface area contributed by atoms with Crippen LogP contribution in [0.25, 0.3) is 0 Å².